The molecule has 0 aromatic heterocycles. The number of primary amides is 1. The van der Waals surface area contributed by atoms with Gasteiger partial charge in [-0.3, -0.25) is 0 Å². The van der Waals surface area contributed by atoms with Gasteiger partial charge in [0.05, 0.1) is 13.3 Å². The number of nitrogens with two attached hydrogens (primary N) is 1. The largest absolute Gasteiger partial charge is 0.493 e. The highest BCUT2D eigenvalue weighted by atomic mass is 32.2. The molecular formula is C16H17N3O5S. The Bertz CT molecular complexity index is 892. The van der Waals surface area contributed by atoms with E-state index in [1.807, 2.05) is 12.3 Å². The molecule has 2 aromatic carbocycles. The lowest BCUT2D eigenvalue weighted by Gasteiger charge is -2.11. The molecule has 2 aromatic rings. The second-order valence-electron chi connectivity index (χ2n) is 5.00. The molecule has 0 saturated heterocycles. The number of amides is 2. The van der Waals surface area contributed by atoms with Crippen LogP contribution in [0.1, 0.15) is 11.1 Å². The molecule has 0 fully saturated rings. The second-order valence-corrected chi connectivity index (χ2v) is 6.54. The van der Waals surface area contributed by atoms with Gasteiger partial charge in [-0.1, -0.05) is 17.7 Å². The average Bonchev–Trinajstić information content (AvgIpc) is 2.55. The van der Waals surface area contributed by atoms with Crippen molar-refractivity contribution < 1.29 is 22.1 Å². The molecule has 0 spiro atoms. The molecule has 9 heteroatoms. The minimum Gasteiger partial charge on any atom is -0.493 e. The molecule has 0 radical (unpaired) electrons. The number of nitrogens with zero attached hydrogens (tertiary/aromatic N) is 1. The predicted octanol–water partition coefficient (Wildman–Crippen LogP) is 1.77. The van der Waals surface area contributed by atoms with E-state index in [4.69, 9.17) is 14.7 Å². The van der Waals surface area contributed by atoms with Crippen molar-refractivity contribution in [2.24, 2.45) is 10.8 Å². The molecular weight excluding hydrogens is 346 g/mol. The van der Waals surface area contributed by atoms with Crippen LogP contribution in [0, 0.1) is 6.92 Å². The first-order valence-electron chi connectivity index (χ1n) is 7.09. The molecule has 0 aliphatic rings. The summed E-state index contributed by atoms with van der Waals surface area (Å²) < 4.78 is 35.1. The van der Waals surface area contributed by atoms with Crippen LogP contribution in [0.15, 0.2) is 52.5 Å². The van der Waals surface area contributed by atoms with E-state index in [-0.39, 0.29) is 16.4 Å². The summed E-state index contributed by atoms with van der Waals surface area (Å²) in [4.78, 5) is 10.6. The molecule has 0 bridgehead atoms. The Morgan fingerprint density at radius 3 is 2.44 bits per heavy atom. The maximum absolute atomic E-state index is 12.4. The molecule has 0 heterocycles. The molecule has 2 amide bonds. The maximum Gasteiger partial charge on any atom is 0.339 e. The van der Waals surface area contributed by atoms with Gasteiger partial charge in [0.15, 0.2) is 11.5 Å². The van der Waals surface area contributed by atoms with E-state index >= 15 is 0 Å². The zero-order valence-corrected chi connectivity index (χ0v) is 14.4. The number of hydrazone groups is 1. The van der Waals surface area contributed by atoms with Crippen molar-refractivity contribution >= 4 is 22.4 Å². The summed E-state index contributed by atoms with van der Waals surface area (Å²) in [6, 6.07) is 9.98. The van der Waals surface area contributed by atoms with Crippen LogP contribution < -0.4 is 20.1 Å². The quantitative estimate of drug-likeness (QED) is 0.460. The Hall–Kier alpha value is -3.07. The third-order valence-corrected chi connectivity index (χ3v) is 4.33. The molecule has 0 saturated carbocycles. The Balaban J connectivity index is 2.31. The van der Waals surface area contributed by atoms with Gasteiger partial charge < -0.3 is 14.7 Å². The van der Waals surface area contributed by atoms with E-state index in [2.05, 4.69) is 5.10 Å². The summed E-state index contributed by atoms with van der Waals surface area (Å²) in [7, 11) is -2.64. The number of carbonyl (C=O) groups is 1. The number of methoxy groups -OCH3 is 1. The van der Waals surface area contributed by atoms with Crippen LogP contribution in [0.3, 0.4) is 0 Å². The Morgan fingerprint density at radius 2 is 1.84 bits per heavy atom. The molecule has 0 unspecified atom stereocenters. The normalized spacial score (nSPS) is 11.3. The first-order valence-corrected chi connectivity index (χ1v) is 8.50. The monoisotopic (exact) mass is 363 g/mol. The molecule has 8 nitrogen and oxygen atoms in total. The van der Waals surface area contributed by atoms with Gasteiger partial charge in [-0.15, -0.1) is 0 Å². The van der Waals surface area contributed by atoms with Crippen LogP contribution in [0.5, 0.6) is 11.5 Å². The number of carbonyl (C=O) groups excluding carboxylic acids is 1. The van der Waals surface area contributed by atoms with Crippen LogP contribution in [-0.4, -0.2) is 27.8 Å². The molecule has 0 atom stereocenters. The number of benzene rings is 2. The number of aryl methyl sites for hydroxylation is 1. The lowest BCUT2D eigenvalue weighted by atomic mass is 10.2. The predicted molar refractivity (Wildman–Crippen MR) is 92.3 cm³/mol. The van der Waals surface area contributed by atoms with Crippen LogP contribution in [0.25, 0.3) is 0 Å². The average molecular weight is 363 g/mol. The van der Waals surface area contributed by atoms with Crippen molar-refractivity contribution in [2.45, 2.75) is 11.8 Å². The number of nitrogens with one attached hydrogen (secondary N) is 1. The van der Waals surface area contributed by atoms with E-state index in [9.17, 15) is 13.2 Å². The third kappa shape index (κ3) is 4.95. The summed E-state index contributed by atoms with van der Waals surface area (Å²) in [6.45, 7) is 1.85. The van der Waals surface area contributed by atoms with Crippen molar-refractivity contribution in [3.8, 4) is 11.5 Å². The Labute approximate surface area is 145 Å². The van der Waals surface area contributed by atoms with Crippen molar-refractivity contribution in [3.05, 3.63) is 53.6 Å². The Morgan fingerprint density at radius 1 is 1.16 bits per heavy atom. The van der Waals surface area contributed by atoms with Crippen molar-refractivity contribution in [2.75, 3.05) is 7.11 Å². The third-order valence-electron chi connectivity index (χ3n) is 3.09. The highest BCUT2D eigenvalue weighted by molar-refractivity contribution is 7.87. The number of hydrogen-bond donors (Lipinski definition) is 2. The summed E-state index contributed by atoms with van der Waals surface area (Å²) in [5.41, 5.74) is 8.35. The van der Waals surface area contributed by atoms with Crippen LogP contribution in [0.2, 0.25) is 0 Å². The fourth-order valence-corrected chi connectivity index (χ4v) is 2.81. The zero-order chi connectivity index (χ0) is 18.4. The summed E-state index contributed by atoms with van der Waals surface area (Å²) in [5.74, 6) is 0.224. The number of rotatable bonds is 6. The standard InChI is InChI=1S/C16H17N3O5S/c1-11-3-6-13(7-4-11)25(21,22)24-15-9-12(5-8-14(15)23-2)10-18-19-16(17)20/h3-10H,1-2H3,(H3,17,19,20). The molecule has 25 heavy (non-hydrogen) atoms. The highest BCUT2D eigenvalue weighted by Gasteiger charge is 2.19. The van der Waals surface area contributed by atoms with Gasteiger partial charge in [-0.2, -0.15) is 13.5 Å². The number of urea groups is 1. The molecule has 2 rings (SSSR count). The van der Waals surface area contributed by atoms with Gasteiger partial charge in [0.2, 0.25) is 0 Å². The van der Waals surface area contributed by atoms with Gasteiger partial charge in [0, 0.05) is 0 Å². The molecule has 0 aliphatic heterocycles. The van der Waals surface area contributed by atoms with E-state index in [1.165, 1.54) is 37.6 Å². The van der Waals surface area contributed by atoms with Gasteiger partial charge >= 0.3 is 16.1 Å². The SMILES string of the molecule is COc1ccc(C=NNC(N)=O)cc1OS(=O)(=O)c1ccc(C)cc1. The molecule has 3 N–H and O–H groups in total. The van der Waals surface area contributed by atoms with E-state index < -0.39 is 16.1 Å². The van der Waals surface area contributed by atoms with Gasteiger partial charge in [0.25, 0.3) is 0 Å². The topological polar surface area (TPSA) is 120 Å². The number of ether oxygens (including phenoxy) is 1. The number of hydrogen-bond acceptors (Lipinski definition) is 6. The van der Waals surface area contributed by atoms with Crippen LogP contribution >= 0.6 is 0 Å². The first kappa shape index (κ1) is 18.3. The fourth-order valence-electron chi connectivity index (χ4n) is 1.88. The minimum absolute atomic E-state index is 0.00824. The molecule has 0 aliphatic carbocycles. The lowest BCUT2D eigenvalue weighted by Crippen LogP contribution is -2.24. The van der Waals surface area contributed by atoms with E-state index in [1.54, 1.807) is 18.2 Å². The minimum atomic E-state index is -4.03. The van der Waals surface area contributed by atoms with Gasteiger partial charge in [-0.25, -0.2) is 10.2 Å². The first-order chi connectivity index (χ1) is 11.8. The summed E-state index contributed by atoms with van der Waals surface area (Å²) in [6.07, 6.45) is 1.29. The van der Waals surface area contributed by atoms with Crippen molar-refractivity contribution in [1.82, 2.24) is 5.43 Å². The molecule has 132 valence electrons. The second kappa shape index (κ2) is 7.67. The van der Waals surface area contributed by atoms with Crippen LogP contribution in [-0.2, 0) is 10.1 Å². The van der Waals surface area contributed by atoms with Crippen LogP contribution in [0.4, 0.5) is 4.79 Å². The summed E-state index contributed by atoms with van der Waals surface area (Å²) >= 11 is 0. The lowest BCUT2D eigenvalue weighted by molar-refractivity contribution is 0.249. The highest BCUT2D eigenvalue weighted by Crippen LogP contribution is 2.30. The maximum atomic E-state index is 12.4. The Kier molecular flexibility index (Phi) is 5.60. The van der Waals surface area contributed by atoms with E-state index in [0.717, 1.165) is 5.56 Å². The summed E-state index contributed by atoms with van der Waals surface area (Å²) in [5, 5.41) is 3.61. The van der Waals surface area contributed by atoms with E-state index in [0.29, 0.717) is 5.56 Å². The van der Waals surface area contributed by atoms with Crippen molar-refractivity contribution in [1.29, 1.82) is 0 Å². The fraction of sp³-hybridized carbons (Fsp3) is 0.125. The smallest absolute Gasteiger partial charge is 0.339 e. The van der Waals surface area contributed by atoms with Crippen molar-refractivity contribution in [3.63, 3.8) is 0 Å². The van der Waals surface area contributed by atoms with Gasteiger partial charge in [-0.05, 0) is 42.8 Å². The van der Waals surface area contributed by atoms with Gasteiger partial charge in [0.1, 0.15) is 4.90 Å². The zero-order valence-electron chi connectivity index (χ0n) is 13.6.